The van der Waals surface area contributed by atoms with Gasteiger partial charge in [0, 0.05) is 7.11 Å². The van der Waals surface area contributed by atoms with E-state index in [0.717, 1.165) is 30.9 Å². The minimum absolute atomic E-state index is 0.121. The average Bonchev–Trinajstić information content (AvgIpc) is 3.01. The van der Waals surface area contributed by atoms with Gasteiger partial charge in [0.1, 0.15) is 0 Å². The molecule has 2 aromatic carbocycles. The first-order chi connectivity index (χ1) is 20.2. The Bertz CT molecular complexity index is 977. The van der Waals surface area contributed by atoms with Crippen molar-refractivity contribution < 1.29 is 9.84 Å². The summed E-state index contributed by atoms with van der Waals surface area (Å²) in [6.45, 7) is 28.0. The number of hydrogen-bond acceptors (Lipinski definition) is 4. The molecule has 3 N–H and O–H groups in total. The van der Waals surface area contributed by atoms with E-state index in [1.54, 1.807) is 0 Å². The summed E-state index contributed by atoms with van der Waals surface area (Å²) in [5.41, 5.74) is 13.0. The molecule has 3 unspecified atom stereocenters. The molecule has 0 heterocycles. The van der Waals surface area contributed by atoms with Gasteiger partial charge in [-0.15, -0.1) is 6.58 Å². The van der Waals surface area contributed by atoms with E-state index in [9.17, 15) is 0 Å². The topological polar surface area (TPSA) is 79.3 Å². The molecule has 42 heavy (non-hydrogen) atoms. The molecule has 0 amide bonds. The molecule has 3 atom stereocenters. The highest BCUT2D eigenvalue weighted by Crippen LogP contribution is 2.32. The van der Waals surface area contributed by atoms with Crippen LogP contribution in [0.4, 0.5) is 0 Å². The quantitative estimate of drug-likeness (QED) is 0.231. The number of methoxy groups -OCH3 is 1. The van der Waals surface area contributed by atoms with Gasteiger partial charge in [-0.2, -0.15) is 5.26 Å². The molecular weight excluding hydrogens is 516 g/mol. The maximum atomic E-state index is 8.35. The Kier molecular flexibility index (Phi) is 31.0. The van der Waals surface area contributed by atoms with Crippen LogP contribution in [0.2, 0.25) is 0 Å². The van der Waals surface area contributed by atoms with Gasteiger partial charge in [-0.05, 0) is 85.7 Å². The minimum Gasteiger partial charge on any atom is -0.395 e. The maximum Gasteiger partial charge on any atom is 0.0927 e. The molecule has 0 aliphatic rings. The van der Waals surface area contributed by atoms with Gasteiger partial charge < -0.3 is 15.6 Å². The number of aryl methyl sites for hydroxylation is 2. The Morgan fingerprint density at radius 1 is 1.05 bits per heavy atom. The number of nitrogens with two attached hydrogens (primary N) is 1. The fourth-order valence-corrected chi connectivity index (χ4v) is 3.85. The second kappa shape index (κ2) is 29.8. The van der Waals surface area contributed by atoms with Gasteiger partial charge in [0.15, 0.2) is 0 Å². The second-order valence-corrected chi connectivity index (χ2v) is 10.2. The SMILES string of the molecule is C=CCC(C)CCc1ccc(C(=C)C)c(-c2ccccc2C)c1.CC.CC.CCC(C)CCN.COCC(C#N)CO. The molecule has 0 fully saturated rings. The van der Waals surface area contributed by atoms with Crippen LogP contribution < -0.4 is 5.73 Å². The Morgan fingerprint density at radius 2 is 1.67 bits per heavy atom. The van der Waals surface area contributed by atoms with Crippen molar-refractivity contribution in [1.29, 1.82) is 5.26 Å². The van der Waals surface area contributed by atoms with Crippen LogP contribution in [0.15, 0.2) is 61.7 Å². The number of nitrogens with zero attached hydrogens (tertiary/aromatic N) is 1. The first-order valence-corrected chi connectivity index (χ1v) is 15.8. The Morgan fingerprint density at radius 3 is 2.07 bits per heavy atom. The predicted molar refractivity (Wildman–Crippen MR) is 188 cm³/mol. The second-order valence-electron chi connectivity index (χ2n) is 10.2. The van der Waals surface area contributed by atoms with E-state index in [1.165, 1.54) is 54.2 Å². The summed E-state index contributed by atoms with van der Waals surface area (Å²) in [6.07, 6.45) is 7.87. The smallest absolute Gasteiger partial charge is 0.0927 e. The molecule has 0 aliphatic heterocycles. The standard InChI is InChI=1S/C23H28.C6H15N.C5H9NO2.2C2H6/c1-6-9-18(4)12-13-20-14-15-21(17(2)3)23(16-20)22-11-8-7-10-19(22)5;1-3-6(2)4-5-7;1-8-4-5(2-6)3-7;2*1-2/h6-8,10-11,14-16,18H,1-2,9,12-13H2,3-5H3;6H,3-5,7H2,1-2H3;5,7H,3-4H2,1H3;2*1-2H3. The van der Waals surface area contributed by atoms with Gasteiger partial charge in [0.05, 0.1) is 25.2 Å². The van der Waals surface area contributed by atoms with Crippen LogP contribution >= 0.6 is 0 Å². The fourth-order valence-electron chi connectivity index (χ4n) is 3.85. The zero-order valence-electron chi connectivity index (χ0n) is 28.8. The van der Waals surface area contributed by atoms with E-state index < -0.39 is 0 Å². The summed E-state index contributed by atoms with van der Waals surface area (Å²) in [6, 6.07) is 17.3. The molecule has 0 bridgehead atoms. The first kappa shape index (κ1) is 43.7. The van der Waals surface area contributed by atoms with Gasteiger partial charge in [-0.1, -0.05) is 116 Å². The third-order valence-electron chi connectivity index (χ3n) is 6.60. The summed E-state index contributed by atoms with van der Waals surface area (Å²) in [5.74, 6) is 1.15. The largest absolute Gasteiger partial charge is 0.395 e. The number of benzene rings is 2. The van der Waals surface area contributed by atoms with Crippen LogP contribution in [0.3, 0.4) is 0 Å². The average molecular weight is 581 g/mol. The van der Waals surface area contributed by atoms with E-state index in [-0.39, 0.29) is 12.5 Å². The number of rotatable bonds is 13. The summed E-state index contributed by atoms with van der Waals surface area (Å²) in [7, 11) is 1.50. The Hall–Kier alpha value is -2.71. The molecule has 0 saturated heterocycles. The fraction of sp³-hybridized carbons (Fsp3) is 0.553. The lowest BCUT2D eigenvalue weighted by molar-refractivity contribution is 0.135. The van der Waals surface area contributed by atoms with E-state index in [0.29, 0.717) is 12.5 Å². The van der Waals surface area contributed by atoms with Gasteiger partial charge in [-0.3, -0.25) is 0 Å². The molecule has 4 nitrogen and oxygen atoms in total. The molecule has 0 aromatic heterocycles. The molecule has 238 valence electrons. The molecule has 2 rings (SSSR count). The van der Waals surface area contributed by atoms with Crippen molar-refractivity contribution in [2.45, 2.75) is 94.4 Å². The van der Waals surface area contributed by atoms with Crippen molar-refractivity contribution in [3.8, 4) is 17.2 Å². The van der Waals surface area contributed by atoms with E-state index in [4.69, 9.17) is 16.1 Å². The van der Waals surface area contributed by atoms with Crippen molar-refractivity contribution >= 4 is 5.57 Å². The van der Waals surface area contributed by atoms with E-state index >= 15 is 0 Å². The summed E-state index contributed by atoms with van der Waals surface area (Å²) in [4.78, 5) is 0. The number of nitriles is 1. The van der Waals surface area contributed by atoms with Crippen LogP contribution in [0.25, 0.3) is 16.7 Å². The molecule has 0 spiro atoms. The zero-order chi connectivity index (χ0) is 32.9. The van der Waals surface area contributed by atoms with Crippen LogP contribution in [0, 0.1) is 36.0 Å². The van der Waals surface area contributed by atoms with Crippen molar-refractivity contribution in [2.24, 2.45) is 23.5 Å². The Labute approximate surface area is 260 Å². The van der Waals surface area contributed by atoms with Crippen molar-refractivity contribution in [3.63, 3.8) is 0 Å². The third-order valence-corrected chi connectivity index (χ3v) is 6.60. The number of aliphatic hydroxyl groups is 1. The lowest BCUT2D eigenvalue weighted by Gasteiger charge is -2.15. The van der Waals surface area contributed by atoms with Crippen molar-refractivity contribution in [1.82, 2.24) is 0 Å². The Balaban J connectivity index is -0.000000659. The highest BCUT2D eigenvalue weighted by atomic mass is 16.5. The number of aliphatic hydroxyl groups excluding tert-OH is 1. The van der Waals surface area contributed by atoms with Crippen molar-refractivity contribution in [2.75, 3.05) is 26.9 Å². The van der Waals surface area contributed by atoms with E-state index in [2.05, 4.69) is 95.0 Å². The highest BCUT2D eigenvalue weighted by molar-refractivity contribution is 5.81. The zero-order valence-corrected chi connectivity index (χ0v) is 28.8. The normalized spacial score (nSPS) is 11.6. The van der Waals surface area contributed by atoms with Gasteiger partial charge in [-0.25, -0.2) is 0 Å². The van der Waals surface area contributed by atoms with Crippen LogP contribution in [-0.4, -0.2) is 32.0 Å². The molecule has 0 saturated carbocycles. The number of ether oxygens (including phenoxy) is 1. The molecule has 2 aromatic rings. The predicted octanol–water partition coefficient (Wildman–Crippen LogP) is 10.0. The lowest BCUT2D eigenvalue weighted by Crippen LogP contribution is -2.09. The molecular formula is C38H64N2O2. The van der Waals surface area contributed by atoms with Crippen molar-refractivity contribution in [3.05, 3.63) is 78.4 Å². The van der Waals surface area contributed by atoms with Crippen LogP contribution in [0.5, 0.6) is 0 Å². The van der Waals surface area contributed by atoms with E-state index in [1.807, 2.05) is 39.8 Å². The van der Waals surface area contributed by atoms with Crippen LogP contribution in [-0.2, 0) is 11.2 Å². The molecule has 4 heteroatoms. The first-order valence-electron chi connectivity index (χ1n) is 15.8. The summed E-state index contributed by atoms with van der Waals surface area (Å²) in [5, 5.41) is 16.5. The highest BCUT2D eigenvalue weighted by Gasteiger charge is 2.10. The van der Waals surface area contributed by atoms with Crippen LogP contribution in [0.1, 0.15) is 97.8 Å². The molecule has 0 radical (unpaired) electrons. The van der Waals surface area contributed by atoms with Gasteiger partial charge in [0.2, 0.25) is 0 Å². The number of allylic oxidation sites excluding steroid dienone is 2. The van der Waals surface area contributed by atoms with Gasteiger partial charge in [0.25, 0.3) is 0 Å². The minimum atomic E-state index is -0.361. The van der Waals surface area contributed by atoms with Gasteiger partial charge >= 0.3 is 0 Å². The monoisotopic (exact) mass is 580 g/mol. The molecule has 0 aliphatic carbocycles. The third kappa shape index (κ3) is 20.2. The summed E-state index contributed by atoms with van der Waals surface area (Å²) >= 11 is 0. The summed E-state index contributed by atoms with van der Waals surface area (Å²) < 4.78 is 4.60. The maximum absolute atomic E-state index is 8.35. The lowest BCUT2D eigenvalue weighted by atomic mass is 9.89. The number of hydrogen-bond donors (Lipinski definition) is 2.